The van der Waals surface area contributed by atoms with E-state index in [-0.39, 0.29) is 21.4 Å². The SMILES string of the molecule is Cn1c(=N)c(F)cn(C(=O)c2cc(Cl)cc(Cl)c2)c1=O.Cn1c(N)c(F)cnc1=O. The van der Waals surface area contributed by atoms with Crippen molar-refractivity contribution < 1.29 is 13.6 Å². The van der Waals surface area contributed by atoms with Gasteiger partial charge in [0.05, 0.1) is 12.4 Å². The lowest BCUT2D eigenvalue weighted by atomic mass is 10.2. The third-order valence-electron chi connectivity index (χ3n) is 3.81. The zero-order chi connectivity index (χ0) is 22.7. The first-order chi connectivity index (χ1) is 13.9. The Hall–Kier alpha value is -3.31. The van der Waals surface area contributed by atoms with Gasteiger partial charge in [-0.25, -0.2) is 22.9 Å². The highest BCUT2D eigenvalue weighted by molar-refractivity contribution is 6.35. The van der Waals surface area contributed by atoms with E-state index in [1.807, 2.05) is 0 Å². The zero-order valence-corrected chi connectivity index (χ0v) is 17.0. The lowest BCUT2D eigenvalue weighted by Crippen LogP contribution is -2.42. The van der Waals surface area contributed by atoms with Crippen LogP contribution in [0.2, 0.25) is 10.0 Å². The third kappa shape index (κ3) is 4.81. The van der Waals surface area contributed by atoms with E-state index in [0.29, 0.717) is 10.8 Å². The molecule has 0 radical (unpaired) electrons. The summed E-state index contributed by atoms with van der Waals surface area (Å²) in [5.74, 6) is -2.65. The molecular weight excluding hydrogens is 445 g/mol. The first kappa shape index (κ1) is 23.0. The van der Waals surface area contributed by atoms with Gasteiger partial charge in [-0.2, -0.15) is 4.98 Å². The van der Waals surface area contributed by atoms with Crippen molar-refractivity contribution in [1.29, 1.82) is 5.41 Å². The summed E-state index contributed by atoms with van der Waals surface area (Å²) in [6.45, 7) is 0. The van der Waals surface area contributed by atoms with Gasteiger partial charge in [0, 0.05) is 29.7 Å². The Balaban J connectivity index is 0.000000269. The molecule has 0 aliphatic heterocycles. The zero-order valence-electron chi connectivity index (χ0n) is 15.5. The van der Waals surface area contributed by atoms with E-state index < -0.39 is 34.4 Å². The van der Waals surface area contributed by atoms with Gasteiger partial charge in [0.2, 0.25) is 0 Å². The Morgan fingerprint density at radius 3 is 2.17 bits per heavy atom. The Labute approximate surface area is 177 Å². The fraction of sp³-hybridized carbons (Fsp3) is 0.118. The number of carbonyl (C=O) groups excluding carboxylic acids is 1. The maximum Gasteiger partial charge on any atom is 0.348 e. The standard InChI is InChI=1S/C12H8Cl2FN3O2.C5H6FN3O/c1-17-10(16)9(15)5-18(12(17)20)11(19)6-2-7(13)4-8(14)3-6;1-9-4(7)3(6)2-8-5(9)10/h2-5,16H,1H3;2H,7H2,1H3. The topological polar surface area (TPSA) is 129 Å². The summed E-state index contributed by atoms with van der Waals surface area (Å²) >= 11 is 11.6. The second kappa shape index (κ2) is 9.01. The number of hydrogen-bond acceptors (Lipinski definition) is 6. The van der Waals surface area contributed by atoms with Crippen molar-refractivity contribution in [3.05, 3.63) is 84.3 Å². The summed E-state index contributed by atoms with van der Waals surface area (Å²) in [4.78, 5) is 37.9. The summed E-state index contributed by atoms with van der Waals surface area (Å²) in [7, 11) is 2.55. The molecule has 0 aliphatic carbocycles. The van der Waals surface area contributed by atoms with Crippen molar-refractivity contribution >= 4 is 34.9 Å². The molecule has 0 fully saturated rings. The molecule has 0 aliphatic rings. The Morgan fingerprint density at radius 1 is 1.07 bits per heavy atom. The van der Waals surface area contributed by atoms with E-state index in [9.17, 15) is 23.2 Å². The van der Waals surface area contributed by atoms with E-state index in [1.54, 1.807) is 0 Å². The van der Waals surface area contributed by atoms with E-state index in [2.05, 4.69) is 4.98 Å². The Morgan fingerprint density at radius 2 is 1.63 bits per heavy atom. The second-order valence-electron chi connectivity index (χ2n) is 5.83. The van der Waals surface area contributed by atoms with Gasteiger partial charge in [-0.15, -0.1) is 0 Å². The van der Waals surface area contributed by atoms with Crippen LogP contribution in [-0.4, -0.2) is 24.6 Å². The lowest BCUT2D eigenvalue weighted by molar-refractivity contribution is 0.0950. The smallest absolute Gasteiger partial charge is 0.348 e. The van der Waals surface area contributed by atoms with Crippen LogP contribution >= 0.6 is 23.2 Å². The molecule has 158 valence electrons. The molecule has 0 saturated heterocycles. The van der Waals surface area contributed by atoms with Crippen LogP contribution in [0, 0.1) is 17.0 Å². The lowest BCUT2D eigenvalue weighted by Gasteiger charge is -2.08. The monoisotopic (exact) mass is 458 g/mol. The third-order valence-corrected chi connectivity index (χ3v) is 4.24. The summed E-state index contributed by atoms with van der Waals surface area (Å²) in [6, 6.07) is 4.06. The number of benzene rings is 1. The van der Waals surface area contributed by atoms with Gasteiger partial charge in [0.15, 0.2) is 17.1 Å². The van der Waals surface area contributed by atoms with Crippen LogP contribution in [-0.2, 0) is 14.1 Å². The van der Waals surface area contributed by atoms with Crippen molar-refractivity contribution in [3.8, 4) is 0 Å². The van der Waals surface area contributed by atoms with Crippen LogP contribution in [0.25, 0.3) is 0 Å². The van der Waals surface area contributed by atoms with Crippen LogP contribution in [0.4, 0.5) is 14.6 Å². The summed E-state index contributed by atoms with van der Waals surface area (Å²) in [6.07, 6.45) is 1.47. The maximum atomic E-state index is 13.5. The largest absolute Gasteiger partial charge is 0.382 e. The van der Waals surface area contributed by atoms with Crippen LogP contribution in [0.15, 0.2) is 40.2 Å². The number of hydrogen-bond donors (Lipinski definition) is 2. The molecule has 30 heavy (non-hydrogen) atoms. The van der Waals surface area contributed by atoms with E-state index >= 15 is 0 Å². The van der Waals surface area contributed by atoms with Crippen molar-refractivity contribution in [2.45, 2.75) is 0 Å². The number of carbonyl (C=O) groups is 1. The average molecular weight is 459 g/mol. The van der Waals surface area contributed by atoms with Gasteiger partial charge in [-0.1, -0.05) is 23.2 Å². The number of nitrogens with zero attached hydrogens (tertiary/aromatic N) is 4. The average Bonchev–Trinajstić information content (AvgIpc) is 2.69. The first-order valence-electron chi connectivity index (χ1n) is 7.94. The van der Waals surface area contributed by atoms with Gasteiger partial charge in [0.25, 0.3) is 5.91 Å². The van der Waals surface area contributed by atoms with Crippen LogP contribution < -0.4 is 22.6 Å². The van der Waals surface area contributed by atoms with Gasteiger partial charge in [-0.05, 0) is 18.2 Å². The Bertz CT molecular complexity index is 1300. The maximum absolute atomic E-state index is 13.5. The van der Waals surface area contributed by atoms with Gasteiger partial charge in [-0.3, -0.25) is 19.3 Å². The van der Waals surface area contributed by atoms with E-state index in [1.165, 1.54) is 32.3 Å². The van der Waals surface area contributed by atoms with Gasteiger partial charge < -0.3 is 5.73 Å². The van der Waals surface area contributed by atoms with Gasteiger partial charge in [0.1, 0.15) is 5.82 Å². The highest BCUT2D eigenvalue weighted by atomic mass is 35.5. The summed E-state index contributed by atoms with van der Waals surface area (Å²) in [5.41, 5.74) is 3.17. The Kier molecular flexibility index (Phi) is 6.90. The van der Waals surface area contributed by atoms with Crippen molar-refractivity contribution in [2.24, 2.45) is 14.1 Å². The van der Waals surface area contributed by atoms with Crippen molar-refractivity contribution in [1.82, 2.24) is 18.7 Å². The summed E-state index contributed by atoms with van der Waals surface area (Å²) in [5, 5.41) is 7.75. The van der Waals surface area contributed by atoms with Crippen LogP contribution in [0.1, 0.15) is 10.4 Å². The molecule has 0 atom stereocenters. The minimum atomic E-state index is -0.992. The highest BCUT2D eigenvalue weighted by Gasteiger charge is 2.15. The van der Waals surface area contributed by atoms with Crippen LogP contribution in [0.3, 0.4) is 0 Å². The predicted octanol–water partition coefficient (Wildman–Crippen LogP) is 1.30. The molecule has 0 saturated carbocycles. The number of anilines is 1. The minimum Gasteiger partial charge on any atom is -0.382 e. The van der Waals surface area contributed by atoms with E-state index in [0.717, 1.165) is 15.3 Å². The molecular formula is C17H14Cl2F2N6O3. The molecule has 3 rings (SSSR count). The number of nitrogens with one attached hydrogen (secondary N) is 1. The second-order valence-corrected chi connectivity index (χ2v) is 6.71. The fourth-order valence-corrected chi connectivity index (χ4v) is 2.66. The summed E-state index contributed by atoms with van der Waals surface area (Å²) < 4.78 is 28.1. The van der Waals surface area contributed by atoms with Gasteiger partial charge >= 0.3 is 11.4 Å². The van der Waals surface area contributed by atoms with Crippen molar-refractivity contribution in [3.63, 3.8) is 0 Å². The van der Waals surface area contributed by atoms with Crippen LogP contribution in [0.5, 0.6) is 0 Å². The first-order valence-corrected chi connectivity index (χ1v) is 8.70. The van der Waals surface area contributed by atoms with E-state index in [4.69, 9.17) is 34.3 Å². The van der Waals surface area contributed by atoms with Crippen molar-refractivity contribution in [2.75, 3.05) is 5.73 Å². The molecule has 3 aromatic rings. The fourth-order valence-electron chi connectivity index (χ4n) is 2.14. The minimum absolute atomic E-state index is 0.0433. The molecule has 0 bridgehead atoms. The highest BCUT2D eigenvalue weighted by Crippen LogP contribution is 2.19. The molecule has 0 amide bonds. The molecule has 3 N–H and O–H groups in total. The molecule has 2 heterocycles. The molecule has 13 heteroatoms. The predicted molar refractivity (Wildman–Crippen MR) is 106 cm³/mol. The number of aromatic nitrogens is 4. The molecule has 0 spiro atoms. The number of rotatable bonds is 1. The number of nitrogens with two attached hydrogens (primary N) is 1. The quantitative estimate of drug-likeness (QED) is 0.567. The molecule has 1 aromatic carbocycles. The molecule has 2 aromatic heterocycles. The number of halogens is 4. The normalized spacial score (nSPS) is 10.3. The molecule has 0 unspecified atom stereocenters. The molecule has 9 nitrogen and oxygen atoms in total. The number of nitrogen functional groups attached to an aromatic ring is 1.